The summed E-state index contributed by atoms with van der Waals surface area (Å²) in [6.07, 6.45) is 10.5. The van der Waals surface area contributed by atoms with E-state index in [1.807, 2.05) is 24.4 Å². The first-order chi connectivity index (χ1) is 16.5. The zero-order chi connectivity index (χ0) is 24.3. The van der Waals surface area contributed by atoms with Crippen LogP contribution in [0.5, 0.6) is 0 Å². The number of esters is 1. The number of anilines is 1. The van der Waals surface area contributed by atoms with Crippen LogP contribution in [0.4, 0.5) is 5.69 Å². The number of methoxy groups -OCH3 is 1. The van der Waals surface area contributed by atoms with Crippen molar-refractivity contribution in [3.63, 3.8) is 0 Å². The second-order valence-corrected chi connectivity index (χ2v) is 8.03. The van der Waals surface area contributed by atoms with Crippen LogP contribution in [0.2, 0.25) is 0 Å². The summed E-state index contributed by atoms with van der Waals surface area (Å²) >= 11 is 0. The molecular formula is C26H30N4O4. The van der Waals surface area contributed by atoms with E-state index in [1.165, 1.54) is 30.0 Å². The first-order valence-corrected chi connectivity index (χ1v) is 11.3. The molecule has 0 aliphatic heterocycles. The lowest BCUT2D eigenvalue weighted by molar-refractivity contribution is -0.141. The highest BCUT2D eigenvalue weighted by Gasteiger charge is 2.11. The molecule has 0 aliphatic rings. The maximum atomic E-state index is 12.9. The molecule has 34 heavy (non-hydrogen) atoms. The number of ether oxygens (including phenoxy) is 1. The number of unbranched alkanes of at least 4 members (excludes halogenated alkanes) is 3. The molecule has 2 heterocycles. The van der Waals surface area contributed by atoms with Crippen LogP contribution in [-0.2, 0) is 22.5 Å². The van der Waals surface area contributed by atoms with Gasteiger partial charge in [0.15, 0.2) is 0 Å². The van der Waals surface area contributed by atoms with Gasteiger partial charge in [-0.25, -0.2) is 0 Å². The van der Waals surface area contributed by atoms with E-state index in [0.717, 1.165) is 55.3 Å². The molecule has 0 saturated carbocycles. The number of hydrogen-bond acceptors (Lipinski definition) is 6. The fourth-order valence-corrected chi connectivity index (χ4v) is 3.58. The molecule has 0 aliphatic carbocycles. The minimum atomic E-state index is -0.551. The van der Waals surface area contributed by atoms with Crippen molar-refractivity contribution in [2.45, 2.75) is 38.6 Å². The number of nitrogens with one attached hydrogen (secondary N) is 1. The minimum Gasteiger partial charge on any atom is -0.468 e. The van der Waals surface area contributed by atoms with Crippen molar-refractivity contribution in [2.24, 2.45) is 5.73 Å². The predicted molar refractivity (Wildman–Crippen MR) is 132 cm³/mol. The van der Waals surface area contributed by atoms with Gasteiger partial charge in [0.1, 0.15) is 6.54 Å². The van der Waals surface area contributed by atoms with Crippen LogP contribution < -0.4 is 16.6 Å². The third-order valence-electron chi connectivity index (χ3n) is 5.44. The van der Waals surface area contributed by atoms with E-state index in [2.05, 4.69) is 21.1 Å². The summed E-state index contributed by atoms with van der Waals surface area (Å²) in [5.74, 6) is -0.876. The molecule has 3 rings (SSSR count). The molecule has 0 fully saturated rings. The van der Waals surface area contributed by atoms with Gasteiger partial charge in [-0.1, -0.05) is 25.0 Å². The monoisotopic (exact) mass is 462 g/mol. The summed E-state index contributed by atoms with van der Waals surface area (Å²) in [4.78, 5) is 40.7. The van der Waals surface area contributed by atoms with E-state index < -0.39 is 5.97 Å². The summed E-state index contributed by atoms with van der Waals surface area (Å²) in [6, 6.07) is 12.2. The van der Waals surface area contributed by atoms with E-state index in [9.17, 15) is 14.4 Å². The summed E-state index contributed by atoms with van der Waals surface area (Å²) in [6.45, 7) is 0.503. The number of hydrogen-bond donors (Lipinski definition) is 2. The molecule has 0 saturated heterocycles. The van der Waals surface area contributed by atoms with Crippen LogP contribution >= 0.6 is 0 Å². The van der Waals surface area contributed by atoms with E-state index in [0.29, 0.717) is 11.3 Å². The van der Waals surface area contributed by atoms with Crippen LogP contribution in [0.15, 0.2) is 65.8 Å². The molecule has 8 nitrogen and oxygen atoms in total. The Morgan fingerprint density at radius 2 is 1.85 bits per heavy atom. The van der Waals surface area contributed by atoms with Gasteiger partial charge in [0, 0.05) is 35.8 Å². The van der Waals surface area contributed by atoms with Gasteiger partial charge in [-0.3, -0.25) is 19.4 Å². The molecule has 178 valence electrons. The number of nitrogens with zero attached hydrogens (tertiary/aromatic N) is 2. The summed E-state index contributed by atoms with van der Waals surface area (Å²) in [7, 11) is 1.25. The van der Waals surface area contributed by atoms with Crippen LogP contribution in [0.3, 0.4) is 0 Å². The fourth-order valence-electron chi connectivity index (χ4n) is 3.58. The highest BCUT2D eigenvalue weighted by atomic mass is 16.5. The van der Waals surface area contributed by atoms with Gasteiger partial charge in [-0.2, -0.15) is 0 Å². The normalized spacial score (nSPS) is 10.6. The molecule has 0 spiro atoms. The number of pyridine rings is 2. The summed E-state index contributed by atoms with van der Waals surface area (Å²) in [5.41, 5.74) is 9.05. The van der Waals surface area contributed by atoms with Crippen LogP contribution in [0.25, 0.3) is 11.1 Å². The number of benzene rings is 1. The quantitative estimate of drug-likeness (QED) is 0.333. The largest absolute Gasteiger partial charge is 0.468 e. The van der Waals surface area contributed by atoms with Crippen LogP contribution in [0.1, 0.15) is 41.6 Å². The molecule has 0 bridgehead atoms. The Hall–Kier alpha value is -3.78. The van der Waals surface area contributed by atoms with Gasteiger partial charge in [-0.15, -0.1) is 0 Å². The van der Waals surface area contributed by atoms with Crippen LogP contribution in [-0.4, -0.2) is 35.1 Å². The highest BCUT2D eigenvalue weighted by molar-refractivity contribution is 6.04. The molecule has 3 N–H and O–H groups in total. The van der Waals surface area contributed by atoms with Crippen molar-refractivity contribution in [3.05, 3.63) is 82.5 Å². The standard InChI is InChI=1S/C26H30N4O4/c1-34-25(32)18-30-17-23(10-11-24(30)31)29-26(33)21-9-6-8-20(14-21)22-13-19(15-28-16-22)7-4-2-3-5-12-27/h6,8-11,13-17H,2-5,7,12,18,27H2,1H3,(H,29,33). The Bertz CT molecular complexity index is 1190. The van der Waals surface area contributed by atoms with Gasteiger partial charge in [0.25, 0.3) is 11.5 Å². The van der Waals surface area contributed by atoms with Crippen molar-refractivity contribution in [2.75, 3.05) is 19.0 Å². The van der Waals surface area contributed by atoms with E-state index in [4.69, 9.17) is 5.73 Å². The average Bonchev–Trinajstić information content (AvgIpc) is 2.86. The van der Waals surface area contributed by atoms with E-state index >= 15 is 0 Å². The molecule has 3 aromatic rings. The Morgan fingerprint density at radius 1 is 1.03 bits per heavy atom. The summed E-state index contributed by atoms with van der Waals surface area (Å²) < 4.78 is 5.79. The first kappa shape index (κ1) is 24.9. The Balaban J connectivity index is 1.70. The topological polar surface area (TPSA) is 116 Å². The molecular weight excluding hydrogens is 432 g/mol. The zero-order valence-corrected chi connectivity index (χ0v) is 19.3. The third kappa shape index (κ3) is 7.11. The number of aromatic nitrogens is 2. The van der Waals surface area contributed by atoms with Crippen LogP contribution in [0, 0.1) is 0 Å². The second-order valence-electron chi connectivity index (χ2n) is 8.03. The minimum absolute atomic E-state index is 0.231. The number of nitrogens with two attached hydrogens (primary N) is 1. The zero-order valence-electron chi connectivity index (χ0n) is 19.3. The van der Waals surface area contributed by atoms with Crippen molar-refractivity contribution in [1.82, 2.24) is 9.55 Å². The van der Waals surface area contributed by atoms with Crippen molar-refractivity contribution in [3.8, 4) is 11.1 Å². The number of carbonyl (C=O) groups is 2. The number of aryl methyl sites for hydroxylation is 1. The lowest BCUT2D eigenvalue weighted by atomic mass is 10.0. The second kappa shape index (κ2) is 12.5. The number of carbonyl (C=O) groups excluding carboxylic acids is 2. The Labute approximate surface area is 198 Å². The van der Waals surface area contributed by atoms with Gasteiger partial charge < -0.3 is 20.4 Å². The van der Waals surface area contributed by atoms with Crippen molar-refractivity contribution < 1.29 is 14.3 Å². The maximum Gasteiger partial charge on any atom is 0.325 e. The number of amides is 1. The van der Waals surface area contributed by atoms with E-state index in [-0.39, 0.29) is 18.0 Å². The lowest BCUT2D eigenvalue weighted by Gasteiger charge is -2.10. The molecule has 2 aromatic heterocycles. The smallest absolute Gasteiger partial charge is 0.325 e. The third-order valence-corrected chi connectivity index (χ3v) is 5.44. The molecule has 1 amide bonds. The fraction of sp³-hybridized carbons (Fsp3) is 0.308. The Morgan fingerprint density at radius 3 is 2.65 bits per heavy atom. The first-order valence-electron chi connectivity index (χ1n) is 11.3. The molecule has 1 aromatic carbocycles. The van der Waals surface area contributed by atoms with E-state index in [1.54, 1.807) is 12.3 Å². The van der Waals surface area contributed by atoms with Crippen molar-refractivity contribution in [1.29, 1.82) is 0 Å². The molecule has 8 heteroatoms. The number of rotatable bonds is 11. The maximum absolute atomic E-state index is 12.9. The van der Waals surface area contributed by atoms with Gasteiger partial charge >= 0.3 is 5.97 Å². The molecule has 0 radical (unpaired) electrons. The molecule has 0 atom stereocenters. The summed E-state index contributed by atoms with van der Waals surface area (Å²) in [5, 5.41) is 2.78. The Kier molecular flexibility index (Phi) is 9.11. The highest BCUT2D eigenvalue weighted by Crippen LogP contribution is 2.22. The molecule has 0 unspecified atom stereocenters. The van der Waals surface area contributed by atoms with Gasteiger partial charge in [0.05, 0.1) is 12.8 Å². The SMILES string of the molecule is COC(=O)Cn1cc(NC(=O)c2cccc(-c3cncc(CCCCCCN)c3)c2)ccc1=O. The van der Waals surface area contributed by atoms with Gasteiger partial charge in [-0.05, 0) is 61.2 Å². The lowest BCUT2D eigenvalue weighted by Crippen LogP contribution is -2.24. The average molecular weight is 463 g/mol. The van der Waals surface area contributed by atoms with Gasteiger partial charge in [0.2, 0.25) is 0 Å². The van der Waals surface area contributed by atoms with Crippen molar-refractivity contribution >= 4 is 17.6 Å². The predicted octanol–water partition coefficient (Wildman–Crippen LogP) is 3.40.